The van der Waals surface area contributed by atoms with Crippen LogP contribution in [0.15, 0.2) is 53.4 Å². The molecule has 0 aromatic heterocycles. The van der Waals surface area contributed by atoms with Crippen LogP contribution in [-0.4, -0.2) is 73.1 Å². The smallest absolute Gasteiger partial charge is 0.416 e. The van der Waals surface area contributed by atoms with Crippen molar-refractivity contribution in [3.63, 3.8) is 0 Å². The number of rotatable bonds is 15. The molecule has 0 aliphatic heterocycles. The number of amides is 2. The number of nitrogen functional groups attached to an aromatic ring is 1. The number of carbonyl (C=O) groups excluding carboxylic acids is 2. The summed E-state index contributed by atoms with van der Waals surface area (Å²) in [6.07, 6.45) is 1.43. The van der Waals surface area contributed by atoms with E-state index in [1.54, 1.807) is 24.3 Å². The number of anilines is 1. The molecule has 12 heteroatoms. The minimum Gasteiger partial charge on any atom is -0.452 e. The lowest BCUT2D eigenvalue weighted by Crippen LogP contribution is -2.52. The Morgan fingerprint density at radius 3 is 2.23 bits per heavy atom. The van der Waals surface area contributed by atoms with Gasteiger partial charge in [-0.1, -0.05) is 43.6 Å². The van der Waals surface area contributed by atoms with E-state index in [2.05, 4.69) is 0 Å². The second kappa shape index (κ2) is 15.9. The molecule has 0 aliphatic carbocycles. The number of nitrogens with two attached hydrogens (primary N) is 2. The largest absolute Gasteiger partial charge is 0.452 e. The molecule has 0 bridgehead atoms. The van der Waals surface area contributed by atoms with Crippen LogP contribution in [0.2, 0.25) is 5.02 Å². The molecule has 0 unspecified atom stereocenters. The Hall–Kier alpha value is -2.70. The average molecular weight is 597 g/mol. The molecule has 0 spiro atoms. The van der Waals surface area contributed by atoms with Gasteiger partial charge >= 0.3 is 6.09 Å². The predicted octanol–water partition coefficient (Wildman–Crippen LogP) is 3.80. The molecule has 5 N–H and O–H groups in total. The number of ether oxygens (including phenoxy) is 1. The highest BCUT2D eigenvalue weighted by molar-refractivity contribution is 7.89. The van der Waals surface area contributed by atoms with Crippen molar-refractivity contribution < 1.29 is 27.9 Å². The molecular formula is C28H41ClN4O6S. The van der Waals surface area contributed by atoms with Gasteiger partial charge in [-0.2, -0.15) is 4.31 Å². The number of aliphatic hydroxyl groups excluding tert-OH is 1. The van der Waals surface area contributed by atoms with Crippen LogP contribution in [0.1, 0.15) is 51.5 Å². The second-order valence-corrected chi connectivity index (χ2v) is 11.9. The van der Waals surface area contributed by atoms with Gasteiger partial charge < -0.3 is 21.3 Å². The minimum absolute atomic E-state index is 0.0926. The van der Waals surface area contributed by atoms with E-state index in [4.69, 9.17) is 27.8 Å². The van der Waals surface area contributed by atoms with Gasteiger partial charge in [0, 0.05) is 29.3 Å². The Morgan fingerprint density at radius 2 is 1.68 bits per heavy atom. The number of hydrogen-bond donors (Lipinski definition) is 3. The van der Waals surface area contributed by atoms with Crippen LogP contribution in [0.4, 0.5) is 10.5 Å². The predicted molar refractivity (Wildman–Crippen MR) is 156 cm³/mol. The number of benzene rings is 2. The van der Waals surface area contributed by atoms with Gasteiger partial charge in [-0.3, -0.25) is 4.79 Å². The topological polar surface area (TPSA) is 156 Å². The highest BCUT2D eigenvalue weighted by Gasteiger charge is 2.34. The number of halogens is 1. The zero-order chi connectivity index (χ0) is 29.9. The van der Waals surface area contributed by atoms with Crippen molar-refractivity contribution in [2.75, 3.05) is 26.0 Å². The summed E-state index contributed by atoms with van der Waals surface area (Å²) < 4.78 is 33.0. The zero-order valence-corrected chi connectivity index (χ0v) is 24.9. The molecule has 10 nitrogen and oxygen atoms in total. The maximum absolute atomic E-state index is 13.4. The summed E-state index contributed by atoms with van der Waals surface area (Å²) in [7, 11) is -2.69. The highest BCUT2D eigenvalue weighted by atomic mass is 35.5. The summed E-state index contributed by atoms with van der Waals surface area (Å²) in [6, 6.07) is 10.7. The Morgan fingerprint density at radius 1 is 1.05 bits per heavy atom. The van der Waals surface area contributed by atoms with Crippen LogP contribution in [0.5, 0.6) is 0 Å². The lowest BCUT2D eigenvalue weighted by Gasteiger charge is -2.32. The SMILES string of the molecule is CCCN([C@H](CO)CCC[C@H](CC)N(C(=O)OC)C(=O)[C@@H](N)Cc1ccccc1Cl)S(=O)(=O)c1ccc(N)cc1. The maximum Gasteiger partial charge on any atom is 0.416 e. The van der Waals surface area contributed by atoms with E-state index < -0.39 is 40.1 Å². The van der Waals surface area contributed by atoms with E-state index in [1.807, 2.05) is 13.8 Å². The number of methoxy groups -OCH3 is 1. The lowest BCUT2D eigenvalue weighted by atomic mass is 10.0. The molecule has 222 valence electrons. The lowest BCUT2D eigenvalue weighted by molar-refractivity contribution is -0.133. The van der Waals surface area contributed by atoms with Crippen molar-refractivity contribution in [1.29, 1.82) is 0 Å². The molecule has 0 saturated heterocycles. The van der Waals surface area contributed by atoms with Crippen molar-refractivity contribution in [2.24, 2.45) is 5.73 Å². The van der Waals surface area contributed by atoms with Gasteiger partial charge in [0.05, 0.1) is 24.7 Å². The third-order valence-electron chi connectivity index (χ3n) is 6.78. The molecule has 0 aliphatic rings. The Balaban J connectivity index is 2.18. The van der Waals surface area contributed by atoms with Crippen molar-refractivity contribution in [3.8, 4) is 0 Å². The number of sulfonamides is 1. The highest BCUT2D eigenvalue weighted by Crippen LogP contribution is 2.24. The number of carbonyl (C=O) groups is 2. The van der Waals surface area contributed by atoms with Gasteiger partial charge in [0.25, 0.3) is 0 Å². The molecule has 0 radical (unpaired) electrons. The van der Waals surface area contributed by atoms with Crippen LogP contribution >= 0.6 is 11.6 Å². The molecule has 0 fully saturated rings. The molecule has 3 atom stereocenters. The normalized spacial score (nSPS) is 14.0. The van der Waals surface area contributed by atoms with Gasteiger partial charge in [-0.05, 0) is 74.4 Å². The van der Waals surface area contributed by atoms with Crippen molar-refractivity contribution in [3.05, 3.63) is 59.1 Å². The van der Waals surface area contributed by atoms with Gasteiger partial charge in [-0.15, -0.1) is 0 Å². The van der Waals surface area contributed by atoms with Crippen LogP contribution in [0.3, 0.4) is 0 Å². The second-order valence-electron chi connectivity index (χ2n) is 9.59. The van der Waals surface area contributed by atoms with E-state index >= 15 is 0 Å². The van der Waals surface area contributed by atoms with Crippen molar-refractivity contribution >= 4 is 39.3 Å². The average Bonchev–Trinajstić information content (AvgIpc) is 2.94. The fourth-order valence-corrected chi connectivity index (χ4v) is 6.56. The molecule has 2 rings (SSSR count). The molecular weight excluding hydrogens is 556 g/mol. The minimum atomic E-state index is -3.89. The summed E-state index contributed by atoms with van der Waals surface area (Å²) in [4.78, 5) is 27.2. The number of nitrogens with zero attached hydrogens (tertiary/aromatic N) is 2. The van der Waals surface area contributed by atoms with E-state index in [-0.39, 0.29) is 24.5 Å². The van der Waals surface area contributed by atoms with E-state index in [9.17, 15) is 23.1 Å². The Labute approximate surface area is 242 Å². The zero-order valence-electron chi connectivity index (χ0n) is 23.3. The summed E-state index contributed by atoms with van der Waals surface area (Å²) >= 11 is 6.23. The third kappa shape index (κ3) is 8.65. The van der Waals surface area contributed by atoms with E-state index in [0.717, 1.165) is 4.90 Å². The van der Waals surface area contributed by atoms with E-state index in [0.29, 0.717) is 48.4 Å². The third-order valence-corrected chi connectivity index (χ3v) is 9.12. The number of aliphatic hydroxyl groups is 1. The molecule has 2 aromatic rings. The van der Waals surface area contributed by atoms with E-state index in [1.165, 1.54) is 35.7 Å². The first-order valence-corrected chi connectivity index (χ1v) is 15.2. The summed E-state index contributed by atoms with van der Waals surface area (Å²) in [6.45, 7) is 3.54. The quantitative estimate of drug-likeness (QED) is 0.262. The summed E-state index contributed by atoms with van der Waals surface area (Å²) in [5.74, 6) is -0.587. The van der Waals surface area contributed by atoms with Crippen molar-refractivity contribution in [2.45, 2.75) is 75.4 Å². The first kappa shape index (κ1) is 33.5. The first-order chi connectivity index (χ1) is 19.0. The number of imide groups is 1. The fraction of sp³-hybridized carbons (Fsp3) is 0.500. The standard InChI is InChI=1S/C28H41ClN4O6S/c1-4-17-32(40(37,38)24-15-13-21(30)14-16-24)23(19-34)11-8-10-22(5-2)33(28(36)39-3)27(35)26(31)18-20-9-6-7-12-25(20)29/h6-7,9,12-16,22-23,26,34H,4-5,8,10-11,17-19,30-31H2,1-3H3/t22-,23-,26-/m0/s1. The van der Waals surface area contributed by atoms with Crippen molar-refractivity contribution in [1.82, 2.24) is 9.21 Å². The molecule has 2 aromatic carbocycles. The molecule has 0 saturated carbocycles. The monoisotopic (exact) mass is 596 g/mol. The van der Waals surface area contributed by atoms with Gasteiger partial charge in [0.2, 0.25) is 15.9 Å². The maximum atomic E-state index is 13.4. The summed E-state index contributed by atoms with van der Waals surface area (Å²) in [5, 5.41) is 10.6. The van der Waals surface area contributed by atoms with Crippen LogP contribution in [0, 0.1) is 0 Å². The Bertz CT molecular complexity index is 1210. The molecule has 40 heavy (non-hydrogen) atoms. The van der Waals surface area contributed by atoms with Crippen LogP contribution < -0.4 is 11.5 Å². The van der Waals surface area contributed by atoms with Gasteiger partial charge in [0.1, 0.15) is 0 Å². The number of hydrogen-bond acceptors (Lipinski definition) is 8. The van der Waals surface area contributed by atoms with Crippen LogP contribution in [-0.2, 0) is 26.0 Å². The molecule has 0 heterocycles. The fourth-order valence-electron chi connectivity index (χ4n) is 4.61. The van der Waals surface area contributed by atoms with Gasteiger partial charge in [-0.25, -0.2) is 18.1 Å². The summed E-state index contributed by atoms with van der Waals surface area (Å²) in [5.41, 5.74) is 13.1. The molecule has 2 amide bonds. The van der Waals surface area contributed by atoms with Crippen LogP contribution in [0.25, 0.3) is 0 Å². The Kier molecular flexibility index (Phi) is 13.3. The van der Waals surface area contributed by atoms with Gasteiger partial charge in [0.15, 0.2) is 0 Å². The first-order valence-electron chi connectivity index (χ1n) is 13.4.